The van der Waals surface area contributed by atoms with E-state index in [4.69, 9.17) is 4.74 Å². The van der Waals surface area contributed by atoms with E-state index in [2.05, 4.69) is 15.9 Å². The Morgan fingerprint density at radius 2 is 2.22 bits per heavy atom. The van der Waals surface area contributed by atoms with Crippen molar-refractivity contribution >= 4 is 21.9 Å². The fraction of sp³-hybridized carbons (Fsp3) is 0.462. The molecule has 1 N–H and O–H groups in total. The minimum absolute atomic E-state index is 0.116. The van der Waals surface area contributed by atoms with Crippen molar-refractivity contribution in [1.29, 1.82) is 0 Å². The Balaban J connectivity index is 2.76. The molecule has 100 valence electrons. The zero-order valence-electron chi connectivity index (χ0n) is 10.4. The van der Waals surface area contributed by atoms with Gasteiger partial charge in [0.15, 0.2) is 0 Å². The number of carbonyl (C=O) groups excluding carboxylic acids is 1. The average Bonchev–Trinajstić information content (AvgIpc) is 2.26. The molecule has 0 aliphatic carbocycles. The van der Waals surface area contributed by atoms with Crippen LogP contribution in [0.2, 0.25) is 0 Å². The van der Waals surface area contributed by atoms with Gasteiger partial charge in [0.25, 0.3) is 0 Å². The highest BCUT2D eigenvalue weighted by Gasteiger charge is 2.26. The van der Waals surface area contributed by atoms with Gasteiger partial charge < -0.3 is 9.84 Å². The van der Waals surface area contributed by atoms with Crippen LogP contribution in [0.3, 0.4) is 0 Å². The van der Waals surface area contributed by atoms with Gasteiger partial charge in [-0.15, -0.1) is 0 Å². The second-order valence-corrected chi connectivity index (χ2v) is 5.06. The smallest absolute Gasteiger partial charge is 0.305 e. The summed E-state index contributed by atoms with van der Waals surface area (Å²) in [4.78, 5) is 11.3. The molecule has 0 saturated carbocycles. The molecule has 1 unspecified atom stereocenters. The minimum atomic E-state index is -1.21. The average molecular weight is 319 g/mol. The van der Waals surface area contributed by atoms with E-state index in [-0.39, 0.29) is 24.6 Å². The van der Waals surface area contributed by atoms with Crippen molar-refractivity contribution in [3.63, 3.8) is 0 Å². The van der Waals surface area contributed by atoms with E-state index in [0.29, 0.717) is 16.6 Å². The molecule has 1 aromatic carbocycles. The molecule has 0 heterocycles. The van der Waals surface area contributed by atoms with Crippen LogP contribution >= 0.6 is 15.9 Å². The molecule has 3 nitrogen and oxygen atoms in total. The number of hydrogen-bond acceptors (Lipinski definition) is 3. The number of ether oxygens (including phenoxy) is 1. The fourth-order valence-corrected chi connectivity index (χ4v) is 2.42. The van der Waals surface area contributed by atoms with E-state index in [9.17, 15) is 14.3 Å². The Bertz CT molecular complexity index is 432. The van der Waals surface area contributed by atoms with Crippen LogP contribution in [-0.2, 0) is 15.1 Å². The van der Waals surface area contributed by atoms with Gasteiger partial charge in [0.2, 0.25) is 0 Å². The molecule has 0 aliphatic rings. The summed E-state index contributed by atoms with van der Waals surface area (Å²) in [6.07, 6.45) is 0.334. The quantitative estimate of drug-likeness (QED) is 0.848. The second kappa shape index (κ2) is 6.29. The molecule has 1 aromatic rings. The SMILES string of the molecule is CCOC(=O)CCC(C)(O)c1ccc(F)cc1Br. The molecule has 0 aliphatic heterocycles. The summed E-state index contributed by atoms with van der Waals surface area (Å²) >= 11 is 3.20. The highest BCUT2D eigenvalue weighted by molar-refractivity contribution is 9.10. The molecule has 0 spiro atoms. The zero-order valence-corrected chi connectivity index (χ0v) is 12.0. The first kappa shape index (κ1) is 15.1. The van der Waals surface area contributed by atoms with Crippen LogP contribution in [-0.4, -0.2) is 17.7 Å². The van der Waals surface area contributed by atoms with Gasteiger partial charge in [0.1, 0.15) is 5.82 Å². The minimum Gasteiger partial charge on any atom is -0.466 e. The maximum atomic E-state index is 13.0. The molecule has 0 radical (unpaired) electrons. The van der Waals surface area contributed by atoms with Crippen LogP contribution in [0.1, 0.15) is 32.3 Å². The molecule has 0 amide bonds. The standard InChI is InChI=1S/C13H16BrFO3/c1-3-18-12(16)6-7-13(2,17)10-5-4-9(15)8-11(10)14/h4-5,8,17H,3,6-7H2,1-2H3. The zero-order chi connectivity index (χ0) is 13.8. The van der Waals surface area contributed by atoms with Gasteiger partial charge in [-0.2, -0.15) is 0 Å². The molecular weight excluding hydrogens is 303 g/mol. The number of carbonyl (C=O) groups is 1. The van der Waals surface area contributed by atoms with Crippen LogP contribution in [0.25, 0.3) is 0 Å². The Hall–Kier alpha value is -0.940. The number of esters is 1. The van der Waals surface area contributed by atoms with Crippen LogP contribution in [0.4, 0.5) is 4.39 Å². The molecule has 1 rings (SSSR count). The van der Waals surface area contributed by atoms with E-state index in [1.165, 1.54) is 18.2 Å². The Labute approximate surface area is 114 Å². The molecule has 1 atom stereocenters. The lowest BCUT2D eigenvalue weighted by Gasteiger charge is -2.24. The van der Waals surface area contributed by atoms with E-state index < -0.39 is 5.60 Å². The van der Waals surface area contributed by atoms with Gasteiger partial charge in [0.05, 0.1) is 12.2 Å². The Morgan fingerprint density at radius 1 is 1.56 bits per heavy atom. The lowest BCUT2D eigenvalue weighted by atomic mass is 9.91. The van der Waals surface area contributed by atoms with E-state index in [0.717, 1.165) is 0 Å². The van der Waals surface area contributed by atoms with Crippen LogP contribution in [0.15, 0.2) is 22.7 Å². The predicted molar refractivity (Wildman–Crippen MR) is 69.5 cm³/mol. The third-order valence-corrected chi connectivity index (χ3v) is 3.29. The molecule has 0 bridgehead atoms. The number of rotatable bonds is 5. The summed E-state index contributed by atoms with van der Waals surface area (Å²) in [7, 11) is 0. The van der Waals surface area contributed by atoms with Crippen LogP contribution in [0.5, 0.6) is 0 Å². The van der Waals surface area contributed by atoms with E-state index >= 15 is 0 Å². The first-order chi connectivity index (χ1) is 8.36. The largest absolute Gasteiger partial charge is 0.466 e. The van der Waals surface area contributed by atoms with Gasteiger partial charge in [-0.1, -0.05) is 22.0 Å². The first-order valence-electron chi connectivity index (χ1n) is 5.70. The van der Waals surface area contributed by atoms with Crippen molar-refractivity contribution < 1.29 is 19.0 Å². The maximum absolute atomic E-state index is 13.0. The van der Waals surface area contributed by atoms with E-state index in [1.54, 1.807) is 13.8 Å². The van der Waals surface area contributed by atoms with Gasteiger partial charge in [0, 0.05) is 10.9 Å². The van der Waals surface area contributed by atoms with Gasteiger partial charge in [-0.25, -0.2) is 4.39 Å². The third kappa shape index (κ3) is 4.07. The first-order valence-corrected chi connectivity index (χ1v) is 6.49. The molecular formula is C13H16BrFO3. The second-order valence-electron chi connectivity index (χ2n) is 4.20. The summed E-state index contributed by atoms with van der Waals surface area (Å²) in [6, 6.07) is 4.07. The van der Waals surface area contributed by atoms with E-state index in [1.807, 2.05) is 0 Å². The van der Waals surface area contributed by atoms with Crippen molar-refractivity contribution in [3.05, 3.63) is 34.1 Å². The third-order valence-electron chi connectivity index (χ3n) is 2.63. The Kier molecular flexibility index (Phi) is 5.28. The van der Waals surface area contributed by atoms with Crippen molar-refractivity contribution in [2.75, 3.05) is 6.61 Å². The molecule has 18 heavy (non-hydrogen) atoms. The normalized spacial score (nSPS) is 14.1. The summed E-state index contributed by atoms with van der Waals surface area (Å²) in [6.45, 7) is 3.64. The van der Waals surface area contributed by atoms with Crippen molar-refractivity contribution in [2.45, 2.75) is 32.3 Å². The topological polar surface area (TPSA) is 46.5 Å². The molecule has 5 heteroatoms. The summed E-state index contributed by atoms with van der Waals surface area (Å²) in [5, 5.41) is 10.3. The number of benzene rings is 1. The lowest BCUT2D eigenvalue weighted by molar-refractivity contribution is -0.144. The fourth-order valence-electron chi connectivity index (χ4n) is 1.64. The lowest BCUT2D eigenvalue weighted by Crippen LogP contribution is -2.23. The summed E-state index contributed by atoms with van der Waals surface area (Å²) < 4.78 is 18.2. The number of aliphatic hydroxyl groups is 1. The van der Waals surface area contributed by atoms with Crippen molar-refractivity contribution in [2.24, 2.45) is 0 Å². The molecule has 0 saturated heterocycles. The number of halogens is 2. The predicted octanol–water partition coefficient (Wildman–Crippen LogP) is 3.14. The Morgan fingerprint density at radius 3 is 2.78 bits per heavy atom. The van der Waals surface area contributed by atoms with Gasteiger partial charge in [-0.3, -0.25) is 4.79 Å². The van der Waals surface area contributed by atoms with Crippen molar-refractivity contribution in [1.82, 2.24) is 0 Å². The van der Waals surface area contributed by atoms with Crippen LogP contribution < -0.4 is 0 Å². The monoisotopic (exact) mass is 318 g/mol. The highest BCUT2D eigenvalue weighted by atomic mass is 79.9. The van der Waals surface area contributed by atoms with Crippen LogP contribution in [0, 0.1) is 5.82 Å². The summed E-state index contributed by atoms with van der Waals surface area (Å²) in [5.41, 5.74) is -0.660. The van der Waals surface area contributed by atoms with Crippen molar-refractivity contribution in [3.8, 4) is 0 Å². The van der Waals surface area contributed by atoms with Gasteiger partial charge >= 0.3 is 5.97 Å². The molecule has 0 aromatic heterocycles. The number of hydrogen-bond donors (Lipinski definition) is 1. The summed E-state index contributed by atoms with van der Waals surface area (Å²) in [5.74, 6) is -0.733. The van der Waals surface area contributed by atoms with Gasteiger partial charge in [-0.05, 0) is 38.0 Å². The maximum Gasteiger partial charge on any atom is 0.305 e. The molecule has 0 fully saturated rings. The highest BCUT2D eigenvalue weighted by Crippen LogP contribution is 2.32.